The van der Waals surface area contributed by atoms with Gasteiger partial charge in [0, 0.05) is 49.7 Å². The van der Waals surface area contributed by atoms with Gasteiger partial charge in [0.15, 0.2) is 0 Å². The molecule has 37 heteroatoms. The van der Waals surface area contributed by atoms with E-state index in [1.54, 1.807) is 33.9 Å². The monoisotopic (exact) mass is 1520 g/mol. The molecule has 0 fully saturated rings. The molecule has 7 atom stereocenters. The van der Waals surface area contributed by atoms with Crippen molar-refractivity contribution < 1.29 is 91.4 Å². The molecule has 0 saturated carbocycles. The van der Waals surface area contributed by atoms with Crippen molar-refractivity contribution in [3.05, 3.63) is 36.0 Å². The molecule has 22 N–H and O–H groups in total. The number of fused-ring (bicyclic) bond motifs is 1. The second kappa shape index (κ2) is 38.7. The van der Waals surface area contributed by atoms with Crippen LogP contribution in [0.4, 0.5) is 0 Å². The summed E-state index contributed by atoms with van der Waals surface area (Å²) in [7, 11) is 0. The van der Waals surface area contributed by atoms with Gasteiger partial charge in [-0.1, -0.05) is 45.9 Å². The molecule has 17 amide bonds. The number of amides is 17. The summed E-state index contributed by atoms with van der Waals surface area (Å²) >= 11 is 0. The topological polar surface area (TPSA) is 590 Å². The maximum atomic E-state index is 14.2. The van der Waals surface area contributed by atoms with Crippen LogP contribution in [0.2, 0.25) is 0 Å². The van der Waals surface area contributed by atoms with Crippen molar-refractivity contribution in [1.82, 2.24) is 79.4 Å². The number of hydrogen-bond acceptors (Lipinski definition) is 18. The fourth-order valence-electron chi connectivity index (χ4n) is 10.4. The highest BCUT2D eigenvalue weighted by molar-refractivity contribution is 6.03. The number of nitrogens with one attached hydrogen (secondary N) is 15. The van der Waals surface area contributed by atoms with Gasteiger partial charge in [-0.2, -0.15) is 0 Å². The Bertz CT molecular complexity index is 3720. The number of nitrogens with two attached hydrogens (primary N) is 3. The normalized spacial score (nSPS) is 14.1. The van der Waals surface area contributed by atoms with Crippen LogP contribution in [0.1, 0.15) is 195 Å². The third kappa shape index (κ3) is 29.5. The van der Waals surface area contributed by atoms with Crippen molar-refractivity contribution in [3.8, 4) is 0 Å². The van der Waals surface area contributed by atoms with Gasteiger partial charge >= 0.3 is 5.97 Å². The lowest BCUT2D eigenvalue weighted by Gasteiger charge is -2.36. The Balaban J connectivity index is 2.24. The average molecular weight is 1520 g/mol. The number of hydrogen-bond donors (Lipinski definition) is 19. The first-order chi connectivity index (χ1) is 49.3. The fraction of sp³-hybridized carbons (Fsp3) is 0.634. The van der Waals surface area contributed by atoms with E-state index in [9.17, 15) is 91.4 Å². The summed E-state index contributed by atoms with van der Waals surface area (Å²) in [5.41, 5.74) is 4.55. The molecule has 0 saturated heterocycles. The van der Waals surface area contributed by atoms with Crippen LogP contribution >= 0.6 is 0 Å². The molecular formula is C71H114N18O19. The molecule has 0 bridgehead atoms. The molecule has 0 unspecified atom stereocenters. The van der Waals surface area contributed by atoms with Crippen molar-refractivity contribution in [2.24, 2.45) is 29.0 Å². The van der Waals surface area contributed by atoms with Crippen molar-refractivity contribution in [3.63, 3.8) is 0 Å². The minimum Gasteiger partial charge on any atom is -0.480 e. The van der Waals surface area contributed by atoms with Gasteiger partial charge < -0.3 is 102 Å². The number of carboxylic acids is 1. The Kier molecular flexibility index (Phi) is 33.4. The van der Waals surface area contributed by atoms with Crippen LogP contribution < -0.4 is 91.6 Å². The van der Waals surface area contributed by atoms with Crippen LogP contribution in [-0.4, -0.2) is 198 Å². The maximum absolute atomic E-state index is 14.2. The molecule has 2 aromatic rings. The number of para-hydroxylation sites is 1. The van der Waals surface area contributed by atoms with Gasteiger partial charge in [0.05, 0.1) is 0 Å². The van der Waals surface area contributed by atoms with Gasteiger partial charge in [-0.05, 0) is 159 Å². The van der Waals surface area contributed by atoms with Gasteiger partial charge in [0.1, 0.15) is 81.1 Å². The van der Waals surface area contributed by atoms with Crippen LogP contribution in [0, 0.1) is 11.8 Å². The summed E-state index contributed by atoms with van der Waals surface area (Å²) in [4.78, 5) is 243. The number of rotatable bonds is 43. The lowest BCUT2D eigenvalue weighted by molar-refractivity contribution is -0.143. The SMILES string of the molecule is CC(=O)N[C@@H](Cc1c[nH]c2ccccc12)C(=O)N[C@@H](C)C(=O)NC(C)(C)C(=O)NC(C)(C)C(=O)N[C@@H](CC(C)C)C(=O)NC(C)(C)C(=O)N[C@@H](CCC(N)=O)C(=O)NC(C)(C)C(=O)NC(C)(C)C(=O)NC(C)(C)C(=O)N[C@@H](CCC(N)=O)C(=O)N[C@@H](CC(C)C)C(=O)NC(C)(C)C(=O)N[C@@H](CCC(N)=O)C(=O)O. The van der Waals surface area contributed by atoms with Gasteiger partial charge in [0.2, 0.25) is 100 Å². The van der Waals surface area contributed by atoms with Crippen LogP contribution in [0.25, 0.3) is 10.9 Å². The molecule has 1 aromatic heterocycles. The van der Waals surface area contributed by atoms with E-state index in [0.717, 1.165) is 16.5 Å². The first-order valence-electron chi connectivity index (χ1n) is 35.3. The molecule has 602 valence electrons. The molecule has 0 aliphatic rings. The van der Waals surface area contributed by atoms with Crippen LogP contribution in [-0.2, 0) is 92.7 Å². The molecular weight excluding hydrogens is 1410 g/mol. The van der Waals surface area contributed by atoms with E-state index in [0.29, 0.717) is 0 Å². The summed E-state index contributed by atoms with van der Waals surface area (Å²) in [6.45, 7) is 27.4. The van der Waals surface area contributed by atoms with Crippen LogP contribution in [0.3, 0.4) is 0 Å². The van der Waals surface area contributed by atoms with Gasteiger partial charge in [-0.15, -0.1) is 0 Å². The second-order valence-electron chi connectivity index (χ2n) is 31.5. The van der Waals surface area contributed by atoms with E-state index >= 15 is 0 Å². The number of H-pyrrole nitrogens is 1. The number of aliphatic carboxylic acids is 1. The summed E-state index contributed by atoms with van der Waals surface area (Å²) in [5, 5.41) is 45.7. The van der Waals surface area contributed by atoms with E-state index in [1.807, 2.05) is 24.3 Å². The number of aromatic nitrogens is 1. The minimum atomic E-state index is -1.94. The van der Waals surface area contributed by atoms with Crippen LogP contribution in [0.15, 0.2) is 30.5 Å². The highest BCUT2D eigenvalue weighted by atomic mass is 16.4. The van der Waals surface area contributed by atoms with Crippen molar-refractivity contribution in [1.29, 1.82) is 0 Å². The smallest absolute Gasteiger partial charge is 0.326 e. The molecule has 2 rings (SSSR count). The Morgan fingerprint density at radius 1 is 0.370 bits per heavy atom. The van der Waals surface area contributed by atoms with E-state index in [4.69, 9.17) is 17.2 Å². The Morgan fingerprint density at radius 3 is 1.06 bits per heavy atom. The molecule has 0 spiro atoms. The summed E-state index contributed by atoms with van der Waals surface area (Å²) < 4.78 is 0. The number of carboxylic acid groups (broad SMARTS) is 1. The van der Waals surface area contributed by atoms with Crippen LogP contribution in [0.5, 0.6) is 0 Å². The van der Waals surface area contributed by atoms with Gasteiger partial charge in [-0.25, -0.2) is 4.79 Å². The third-order valence-electron chi connectivity index (χ3n) is 17.1. The molecule has 0 radical (unpaired) electrons. The van der Waals surface area contributed by atoms with E-state index in [2.05, 4.69) is 79.4 Å². The predicted octanol–water partition coefficient (Wildman–Crippen LogP) is -2.62. The Labute approximate surface area is 628 Å². The number of carbonyl (C=O) groups is 18. The predicted molar refractivity (Wildman–Crippen MR) is 394 cm³/mol. The zero-order valence-corrected chi connectivity index (χ0v) is 65.5. The Morgan fingerprint density at radius 2 is 0.676 bits per heavy atom. The van der Waals surface area contributed by atoms with E-state index in [-0.39, 0.29) is 43.9 Å². The average Bonchev–Trinajstić information content (AvgIpc) is 1.20. The third-order valence-corrected chi connectivity index (χ3v) is 17.1. The largest absolute Gasteiger partial charge is 0.480 e. The standard InChI is InChI=1S/C71H114N18O19/c1-35(2)31-45(55(98)85-66(9,10)59(103)81-44(57(100)101)27-30-50(74)93)78-52(95)42(25-28-48(72)91)79-60(104)67(11,12)88-64(108)71(19,20)89-63(107)70(17,18)84-54(97)43(26-29-49(73)92)80-58(102)65(7,8)86-56(99)46(32-36(3)4)82-61(105)68(13,14)87-62(106)69(15,16)83-51(94)37(5)76-53(96)47(77-38(6)90)33-39-34-75-41-24-22-21-23-40(39)41/h21-24,34-37,42-47,75H,25-33H2,1-20H3,(H2,72,91)(H2,73,92)(H2,74,93)(H,76,96)(H,77,90)(H,78,95)(H,79,104)(H,80,102)(H,81,103)(H,82,105)(H,83,94)(H,84,97)(H,85,98)(H,86,99)(H,87,106)(H,88,108)(H,89,107)(H,100,101)/t37-,42-,43-,44-,45-,46-,47-/m0/s1. The zero-order valence-electron chi connectivity index (χ0n) is 65.5. The minimum absolute atomic E-state index is 0.00968. The molecule has 1 aromatic carbocycles. The summed E-state index contributed by atoms with van der Waals surface area (Å²) in [6.07, 6.45) is -0.783. The number of aromatic amines is 1. The van der Waals surface area contributed by atoms with Gasteiger partial charge in [0.25, 0.3) is 0 Å². The van der Waals surface area contributed by atoms with E-state index in [1.165, 1.54) is 111 Å². The molecule has 37 nitrogen and oxygen atoms in total. The van der Waals surface area contributed by atoms with E-state index < -0.39 is 213 Å². The summed E-state index contributed by atoms with van der Waals surface area (Å²) in [5.74, 6) is -17.1. The highest BCUT2D eigenvalue weighted by Crippen LogP contribution is 2.22. The molecule has 0 aliphatic heterocycles. The highest BCUT2D eigenvalue weighted by Gasteiger charge is 2.45. The lowest BCUT2D eigenvalue weighted by Crippen LogP contribution is -2.68. The van der Waals surface area contributed by atoms with Crippen molar-refractivity contribution >= 4 is 117 Å². The summed E-state index contributed by atoms with van der Waals surface area (Å²) in [6, 6.07) is -2.49. The number of benzene rings is 1. The first-order valence-corrected chi connectivity index (χ1v) is 35.3. The zero-order chi connectivity index (χ0) is 83.3. The molecule has 1 heterocycles. The van der Waals surface area contributed by atoms with Gasteiger partial charge in [-0.3, -0.25) is 81.5 Å². The molecule has 0 aliphatic carbocycles. The fourth-order valence-corrected chi connectivity index (χ4v) is 10.4. The molecule has 108 heavy (non-hydrogen) atoms. The maximum Gasteiger partial charge on any atom is 0.326 e. The van der Waals surface area contributed by atoms with Crippen molar-refractivity contribution in [2.45, 2.75) is 277 Å². The lowest BCUT2D eigenvalue weighted by atomic mass is 9.95. The van der Waals surface area contributed by atoms with Crippen molar-refractivity contribution in [2.75, 3.05) is 0 Å². The first kappa shape index (κ1) is 93.3. The Hall–Kier alpha value is -10.8. The second-order valence-corrected chi connectivity index (χ2v) is 31.5. The number of carbonyl (C=O) groups excluding carboxylic acids is 17. The number of primary amides is 3. The quantitative estimate of drug-likeness (QED) is 0.0323.